The summed E-state index contributed by atoms with van der Waals surface area (Å²) in [4.78, 5) is 1.34. The third kappa shape index (κ3) is 5.87. The fourth-order valence-corrected chi connectivity index (χ4v) is 4.37. The van der Waals surface area contributed by atoms with Crippen molar-refractivity contribution in [2.24, 2.45) is 5.92 Å². The molecule has 1 aromatic rings. The smallest absolute Gasteiger partial charge is 0.0337 e. The van der Waals surface area contributed by atoms with E-state index in [1.165, 1.54) is 42.6 Å². The van der Waals surface area contributed by atoms with Crippen LogP contribution in [0.15, 0.2) is 78.8 Å². The van der Waals surface area contributed by atoms with Crippen LogP contribution in [-0.2, 0) is 0 Å². The van der Waals surface area contributed by atoms with Gasteiger partial charge in [-0.25, -0.2) is 0 Å². The number of thioether (sulfide) groups is 1. The van der Waals surface area contributed by atoms with Crippen LogP contribution in [0.2, 0.25) is 0 Å². The third-order valence-electron chi connectivity index (χ3n) is 4.73. The van der Waals surface area contributed by atoms with E-state index in [0.29, 0.717) is 11.2 Å². The lowest BCUT2D eigenvalue weighted by atomic mass is 9.84. The summed E-state index contributed by atoms with van der Waals surface area (Å²) in [6, 6.07) is 9.29. The topological polar surface area (TPSA) is 0 Å². The van der Waals surface area contributed by atoms with Gasteiger partial charge in [0.05, 0.1) is 0 Å². The van der Waals surface area contributed by atoms with Crippen LogP contribution in [0.1, 0.15) is 50.5 Å². The minimum Gasteiger partial charge on any atom is -0.118 e. The van der Waals surface area contributed by atoms with Gasteiger partial charge >= 0.3 is 0 Å². The van der Waals surface area contributed by atoms with Crippen LogP contribution >= 0.6 is 11.8 Å². The lowest BCUT2D eigenvalue weighted by Gasteiger charge is -2.22. The summed E-state index contributed by atoms with van der Waals surface area (Å²) >= 11 is 1.92. The van der Waals surface area contributed by atoms with Crippen molar-refractivity contribution in [3.05, 3.63) is 79.4 Å². The van der Waals surface area contributed by atoms with Crippen molar-refractivity contribution in [3.63, 3.8) is 0 Å². The van der Waals surface area contributed by atoms with Crippen LogP contribution in [0.4, 0.5) is 0 Å². The molecule has 1 fully saturated rings. The molecule has 1 aliphatic rings. The van der Waals surface area contributed by atoms with E-state index in [0.717, 1.165) is 5.92 Å². The Hall–Kier alpha value is -1.47. The Labute approximate surface area is 152 Å². The van der Waals surface area contributed by atoms with E-state index >= 15 is 0 Å². The van der Waals surface area contributed by atoms with E-state index in [-0.39, 0.29) is 0 Å². The van der Waals surface area contributed by atoms with E-state index < -0.39 is 0 Å². The second kappa shape index (κ2) is 10.4. The maximum Gasteiger partial charge on any atom is 0.0337 e. The van der Waals surface area contributed by atoms with E-state index in [1.807, 2.05) is 36.1 Å². The van der Waals surface area contributed by atoms with Gasteiger partial charge in [0.2, 0.25) is 0 Å². The van der Waals surface area contributed by atoms with Gasteiger partial charge in [-0.3, -0.25) is 0 Å². The molecule has 1 aromatic carbocycles. The number of hydrogen-bond donors (Lipinski definition) is 0. The highest BCUT2D eigenvalue weighted by atomic mass is 32.2. The minimum absolute atomic E-state index is 0.403. The molecule has 2 atom stereocenters. The monoisotopic (exact) mass is 338 g/mol. The Morgan fingerprint density at radius 3 is 2.21 bits per heavy atom. The van der Waals surface area contributed by atoms with Crippen LogP contribution in [0.5, 0.6) is 0 Å². The molecule has 0 spiro atoms. The molecule has 0 nitrogen and oxygen atoms in total. The molecule has 128 valence electrons. The first-order chi connectivity index (χ1) is 11.7. The van der Waals surface area contributed by atoms with Crippen molar-refractivity contribution in [1.29, 1.82) is 0 Å². The summed E-state index contributed by atoms with van der Waals surface area (Å²) in [5.41, 5.74) is 1.52. The van der Waals surface area contributed by atoms with Gasteiger partial charge in [0, 0.05) is 10.1 Å². The summed E-state index contributed by atoms with van der Waals surface area (Å²) in [6.45, 7) is 9.81. The molecule has 1 aliphatic carbocycles. The predicted molar refractivity (Wildman–Crippen MR) is 110 cm³/mol. The maximum absolute atomic E-state index is 3.79. The second-order valence-corrected chi connectivity index (χ2v) is 7.84. The third-order valence-corrected chi connectivity index (χ3v) is 6.14. The molecule has 1 heteroatoms. The number of hydrogen-bond acceptors (Lipinski definition) is 1. The quantitative estimate of drug-likeness (QED) is 0.353. The van der Waals surface area contributed by atoms with Gasteiger partial charge < -0.3 is 0 Å². The van der Waals surface area contributed by atoms with Crippen molar-refractivity contribution in [1.82, 2.24) is 0 Å². The number of benzene rings is 1. The van der Waals surface area contributed by atoms with Crippen LogP contribution in [-0.4, -0.2) is 5.25 Å². The molecule has 2 unspecified atom stereocenters. The number of rotatable bonds is 8. The van der Waals surface area contributed by atoms with Crippen molar-refractivity contribution in [2.45, 2.75) is 55.1 Å². The molecule has 0 bridgehead atoms. The van der Waals surface area contributed by atoms with Gasteiger partial charge in [0.15, 0.2) is 0 Å². The molecule has 24 heavy (non-hydrogen) atoms. The standard InChI is InChI=1S/C23H30S/c1-4-6-11-19(3)23(14-7-5-2)24-22-17-15-21(16-18-22)20-12-9-8-10-13-20/h4-7,11,14-20,23H,1-2,8-10,12-13H2,3H3. The highest BCUT2D eigenvalue weighted by Gasteiger charge is 2.16. The Bertz CT molecular complexity index is 558. The first-order valence-corrected chi connectivity index (χ1v) is 9.97. The average molecular weight is 339 g/mol. The lowest BCUT2D eigenvalue weighted by Crippen LogP contribution is -2.09. The molecule has 0 N–H and O–H groups in total. The highest BCUT2D eigenvalue weighted by Crippen LogP contribution is 2.35. The summed E-state index contributed by atoms with van der Waals surface area (Å²) in [6.07, 6.45) is 19.2. The van der Waals surface area contributed by atoms with E-state index in [2.05, 4.69) is 56.5 Å². The van der Waals surface area contributed by atoms with Crippen molar-refractivity contribution >= 4 is 11.8 Å². The van der Waals surface area contributed by atoms with Crippen molar-refractivity contribution in [3.8, 4) is 0 Å². The molecule has 0 aromatic heterocycles. The van der Waals surface area contributed by atoms with Crippen LogP contribution in [0.3, 0.4) is 0 Å². The zero-order valence-electron chi connectivity index (χ0n) is 14.9. The van der Waals surface area contributed by atoms with Gasteiger partial charge in [-0.05, 0) is 42.4 Å². The zero-order chi connectivity index (χ0) is 17.2. The largest absolute Gasteiger partial charge is 0.118 e. The molecule has 2 rings (SSSR count). The highest BCUT2D eigenvalue weighted by molar-refractivity contribution is 8.00. The van der Waals surface area contributed by atoms with Gasteiger partial charge in [-0.2, -0.15) is 0 Å². The summed E-state index contributed by atoms with van der Waals surface area (Å²) < 4.78 is 0. The average Bonchev–Trinajstić information content (AvgIpc) is 2.64. The van der Waals surface area contributed by atoms with E-state index in [1.54, 1.807) is 0 Å². The van der Waals surface area contributed by atoms with Crippen molar-refractivity contribution in [2.75, 3.05) is 0 Å². The Morgan fingerprint density at radius 2 is 1.58 bits per heavy atom. The fourth-order valence-electron chi connectivity index (χ4n) is 3.28. The molecular weight excluding hydrogens is 308 g/mol. The van der Waals surface area contributed by atoms with Gasteiger partial charge in [0.25, 0.3) is 0 Å². The molecular formula is C23H30S. The molecule has 0 aliphatic heterocycles. The minimum atomic E-state index is 0.403. The van der Waals surface area contributed by atoms with E-state index in [9.17, 15) is 0 Å². The van der Waals surface area contributed by atoms with E-state index in [4.69, 9.17) is 0 Å². The number of allylic oxidation sites excluding steroid dienone is 5. The Kier molecular flexibility index (Phi) is 8.18. The zero-order valence-corrected chi connectivity index (χ0v) is 15.7. The first-order valence-electron chi connectivity index (χ1n) is 9.09. The summed E-state index contributed by atoms with van der Waals surface area (Å²) in [7, 11) is 0. The predicted octanol–water partition coefficient (Wildman–Crippen LogP) is 7.32. The lowest BCUT2D eigenvalue weighted by molar-refractivity contribution is 0.443. The molecule has 0 radical (unpaired) electrons. The van der Waals surface area contributed by atoms with Crippen LogP contribution < -0.4 is 0 Å². The van der Waals surface area contributed by atoms with Crippen LogP contribution in [0.25, 0.3) is 0 Å². The van der Waals surface area contributed by atoms with Gasteiger partial charge in [-0.15, -0.1) is 11.8 Å². The molecule has 0 saturated heterocycles. The SMILES string of the molecule is C=CC=CC(C)C(C=CC=C)Sc1ccc(C2CCCCC2)cc1. The van der Waals surface area contributed by atoms with Crippen molar-refractivity contribution < 1.29 is 0 Å². The first kappa shape index (κ1) is 18.9. The Morgan fingerprint density at radius 1 is 0.958 bits per heavy atom. The van der Waals surface area contributed by atoms with Gasteiger partial charge in [-0.1, -0.05) is 87.9 Å². The summed E-state index contributed by atoms with van der Waals surface area (Å²) in [5.74, 6) is 1.23. The fraction of sp³-hybridized carbons (Fsp3) is 0.391. The maximum atomic E-state index is 3.79. The summed E-state index contributed by atoms with van der Waals surface area (Å²) in [5, 5.41) is 0.403. The second-order valence-electron chi connectivity index (χ2n) is 6.59. The van der Waals surface area contributed by atoms with Gasteiger partial charge in [0.1, 0.15) is 0 Å². The normalized spacial score (nSPS) is 18.7. The molecule has 0 amide bonds. The van der Waals surface area contributed by atoms with Crippen LogP contribution in [0, 0.1) is 5.92 Å². The molecule has 1 saturated carbocycles. The molecule has 0 heterocycles. The Balaban J connectivity index is 2.04.